The maximum atomic E-state index is 10.1. The summed E-state index contributed by atoms with van der Waals surface area (Å²) in [6, 6.07) is 0. The van der Waals surface area contributed by atoms with Crippen LogP contribution in [0.3, 0.4) is 0 Å². The number of nitrogens with zero attached hydrogens (tertiary/aromatic N) is 3. The van der Waals surface area contributed by atoms with Crippen LogP contribution >= 0.6 is 0 Å². The number of carbonyl (C=O) groups is 1. The van der Waals surface area contributed by atoms with E-state index in [-0.39, 0.29) is 5.70 Å². The van der Waals surface area contributed by atoms with Gasteiger partial charge in [-0.15, -0.1) is 0 Å². The van der Waals surface area contributed by atoms with Crippen LogP contribution in [-0.4, -0.2) is 11.1 Å². The molecule has 0 radical (unpaired) electrons. The van der Waals surface area contributed by atoms with E-state index in [4.69, 9.17) is 10.6 Å². The zero-order valence-electron chi connectivity index (χ0n) is 5.48. The first-order chi connectivity index (χ1) is 4.72. The second kappa shape index (κ2) is 4.40. The second-order valence-corrected chi connectivity index (χ2v) is 1.49. The van der Waals surface area contributed by atoms with Crippen molar-refractivity contribution in [1.82, 2.24) is 0 Å². The molecule has 0 fully saturated rings. The molecule has 0 unspecified atom stereocenters. The van der Waals surface area contributed by atoms with Crippen LogP contribution < -0.4 is 0 Å². The van der Waals surface area contributed by atoms with E-state index in [0.717, 1.165) is 0 Å². The average molecular weight is 141 g/mol. The Morgan fingerprint density at radius 3 is 2.80 bits per heavy atom. The number of carboxylic acid groups (broad SMARTS) is 1. The second-order valence-electron chi connectivity index (χ2n) is 1.49. The Morgan fingerprint density at radius 1 is 1.90 bits per heavy atom. The summed E-state index contributed by atoms with van der Waals surface area (Å²) in [7, 11) is 0. The molecule has 0 aromatic heterocycles. The topological polar surface area (TPSA) is 86.1 Å². The molecule has 5 heteroatoms. The predicted octanol–water partition coefficient (Wildman–Crippen LogP) is 1.68. The van der Waals surface area contributed by atoms with E-state index in [1.165, 1.54) is 6.08 Å². The van der Waals surface area contributed by atoms with Gasteiger partial charge in [-0.3, -0.25) is 0 Å². The minimum atomic E-state index is -1.19. The lowest BCUT2D eigenvalue weighted by atomic mass is 10.3. The molecule has 0 atom stereocenters. The van der Waals surface area contributed by atoms with Crippen LogP contribution in [0.5, 0.6) is 0 Å². The van der Waals surface area contributed by atoms with Crippen molar-refractivity contribution >= 4 is 5.97 Å². The zero-order chi connectivity index (χ0) is 7.98. The normalized spacial score (nSPS) is 10.3. The number of carboxylic acids is 1. The van der Waals surface area contributed by atoms with Crippen LogP contribution in [0, 0.1) is 0 Å². The molecule has 0 aliphatic heterocycles. The fourth-order valence-electron chi connectivity index (χ4n) is 0.412. The van der Waals surface area contributed by atoms with Crippen LogP contribution in [0.2, 0.25) is 0 Å². The molecule has 0 aromatic carbocycles. The lowest BCUT2D eigenvalue weighted by Crippen LogP contribution is -1.96. The van der Waals surface area contributed by atoms with Crippen molar-refractivity contribution in [3.8, 4) is 0 Å². The number of rotatable bonds is 3. The van der Waals surface area contributed by atoms with Gasteiger partial charge < -0.3 is 5.11 Å². The minimum Gasteiger partial charge on any atom is -0.478 e. The summed E-state index contributed by atoms with van der Waals surface area (Å²) in [6.07, 6.45) is 1.89. The molecular formula is C5H7N3O2. The molecule has 0 heterocycles. The highest BCUT2D eigenvalue weighted by atomic mass is 16.4. The van der Waals surface area contributed by atoms with Crippen molar-refractivity contribution in [3.63, 3.8) is 0 Å². The molecule has 0 rings (SSSR count). The smallest absolute Gasteiger partial charge is 0.337 e. The Labute approximate surface area is 57.6 Å². The van der Waals surface area contributed by atoms with Crippen molar-refractivity contribution in [2.24, 2.45) is 5.11 Å². The van der Waals surface area contributed by atoms with Crippen LogP contribution in [0.25, 0.3) is 10.4 Å². The molecule has 0 bridgehead atoms. The molecule has 0 aromatic rings. The van der Waals surface area contributed by atoms with Crippen LogP contribution in [0.1, 0.15) is 13.3 Å². The largest absolute Gasteiger partial charge is 0.478 e. The summed E-state index contributed by atoms with van der Waals surface area (Å²) in [5.41, 5.74) is 7.62. The number of hydrogen-bond donors (Lipinski definition) is 1. The third-order valence-corrected chi connectivity index (χ3v) is 0.769. The van der Waals surface area contributed by atoms with Crippen molar-refractivity contribution in [3.05, 3.63) is 22.2 Å². The standard InChI is InChI=1S/C5H7N3O2/c1-2-3-4(5(9)10)7-8-6/h3H,2H2,1H3,(H,9,10)/b4-3+. The summed E-state index contributed by atoms with van der Waals surface area (Å²) in [5.74, 6) is -1.19. The maximum absolute atomic E-state index is 10.1. The van der Waals surface area contributed by atoms with Gasteiger partial charge in [0.1, 0.15) is 5.70 Å². The Bertz CT molecular complexity index is 199. The van der Waals surface area contributed by atoms with E-state index >= 15 is 0 Å². The van der Waals surface area contributed by atoms with E-state index < -0.39 is 5.97 Å². The zero-order valence-corrected chi connectivity index (χ0v) is 5.48. The Hall–Kier alpha value is -1.48. The predicted molar refractivity (Wildman–Crippen MR) is 35.2 cm³/mol. The lowest BCUT2D eigenvalue weighted by molar-refractivity contribution is -0.132. The summed E-state index contributed by atoms with van der Waals surface area (Å²) in [6.45, 7) is 1.76. The van der Waals surface area contributed by atoms with Crippen molar-refractivity contribution in [1.29, 1.82) is 0 Å². The summed E-state index contributed by atoms with van der Waals surface area (Å²) >= 11 is 0. The fraction of sp³-hybridized carbons (Fsp3) is 0.400. The van der Waals surface area contributed by atoms with Gasteiger partial charge in [0.05, 0.1) is 0 Å². The number of hydrogen-bond acceptors (Lipinski definition) is 2. The van der Waals surface area contributed by atoms with Gasteiger partial charge in [0.15, 0.2) is 0 Å². The highest BCUT2D eigenvalue weighted by molar-refractivity contribution is 5.85. The monoisotopic (exact) mass is 141 g/mol. The molecular weight excluding hydrogens is 134 g/mol. The van der Waals surface area contributed by atoms with E-state index in [1.54, 1.807) is 6.92 Å². The van der Waals surface area contributed by atoms with Gasteiger partial charge in [0.2, 0.25) is 0 Å². The van der Waals surface area contributed by atoms with Gasteiger partial charge in [-0.1, -0.05) is 18.1 Å². The Balaban J connectivity index is 4.41. The molecule has 0 aliphatic carbocycles. The summed E-state index contributed by atoms with van der Waals surface area (Å²) in [5, 5.41) is 11.3. The summed E-state index contributed by atoms with van der Waals surface area (Å²) in [4.78, 5) is 12.5. The molecule has 0 saturated heterocycles. The number of aliphatic carboxylic acids is 1. The molecule has 0 spiro atoms. The molecule has 0 saturated carbocycles. The first-order valence-corrected chi connectivity index (χ1v) is 2.71. The van der Waals surface area contributed by atoms with E-state index in [0.29, 0.717) is 6.42 Å². The Morgan fingerprint density at radius 2 is 2.50 bits per heavy atom. The van der Waals surface area contributed by atoms with Crippen LogP contribution in [0.15, 0.2) is 16.9 Å². The van der Waals surface area contributed by atoms with Gasteiger partial charge in [-0.25, -0.2) is 4.79 Å². The van der Waals surface area contributed by atoms with E-state index in [2.05, 4.69) is 10.0 Å². The van der Waals surface area contributed by atoms with Crippen molar-refractivity contribution < 1.29 is 9.90 Å². The summed E-state index contributed by atoms with van der Waals surface area (Å²) < 4.78 is 0. The lowest BCUT2D eigenvalue weighted by Gasteiger charge is -1.87. The number of allylic oxidation sites excluding steroid dienone is 1. The van der Waals surface area contributed by atoms with Crippen molar-refractivity contribution in [2.45, 2.75) is 13.3 Å². The first kappa shape index (κ1) is 8.52. The molecule has 5 nitrogen and oxygen atoms in total. The number of azide groups is 1. The third-order valence-electron chi connectivity index (χ3n) is 0.769. The molecule has 1 N–H and O–H groups in total. The van der Waals surface area contributed by atoms with Gasteiger partial charge in [-0.05, 0) is 12.0 Å². The van der Waals surface area contributed by atoms with E-state index in [1.807, 2.05) is 0 Å². The maximum Gasteiger partial charge on any atom is 0.337 e. The highest BCUT2D eigenvalue weighted by Crippen LogP contribution is 1.98. The quantitative estimate of drug-likeness (QED) is 0.280. The van der Waals surface area contributed by atoms with Gasteiger partial charge in [0.25, 0.3) is 0 Å². The fourth-order valence-corrected chi connectivity index (χ4v) is 0.412. The van der Waals surface area contributed by atoms with Gasteiger partial charge >= 0.3 is 5.97 Å². The SMILES string of the molecule is CC/C=C(/N=[N+]=[N-])C(=O)O. The van der Waals surface area contributed by atoms with Crippen molar-refractivity contribution in [2.75, 3.05) is 0 Å². The Kier molecular flexibility index (Phi) is 3.75. The minimum absolute atomic E-state index is 0.245. The molecule has 0 amide bonds. The molecule has 0 aliphatic rings. The van der Waals surface area contributed by atoms with E-state index in [9.17, 15) is 4.79 Å². The third kappa shape index (κ3) is 2.74. The van der Waals surface area contributed by atoms with Gasteiger partial charge in [-0.2, -0.15) is 0 Å². The van der Waals surface area contributed by atoms with Gasteiger partial charge in [0, 0.05) is 4.91 Å². The molecule has 54 valence electrons. The average Bonchev–Trinajstić information content (AvgIpc) is 1.87. The highest BCUT2D eigenvalue weighted by Gasteiger charge is 2.00. The van der Waals surface area contributed by atoms with Crippen LogP contribution in [0.4, 0.5) is 0 Å². The van der Waals surface area contributed by atoms with Crippen LogP contribution in [-0.2, 0) is 4.79 Å². The molecule has 10 heavy (non-hydrogen) atoms. The first-order valence-electron chi connectivity index (χ1n) is 2.71.